The highest BCUT2D eigenvalue weighted by Crippen LogP contribution is 2.35. The monoisotopic (exact) mass is 234 g/mol. The van der Waals surface area contributed by atoms with Gasteiger partial charge in [-0.2, -0.15) is 5.26 Å². The molecule has 2 heteroatoms. The van der Waals surface area contributed by atoms with Crippen molar-refractivity contribution in [3.8, 4) is 6.07 Å². The van der Waals surface area contributed by atoms with Crippen molar-refractivity contribution in [3.05, 3.63) is 0 Å². The van der Waals surface area contributed by atoms with Crippen molar-refractivity contribution in [2.75, 3.05) is 13.1 Å². The Morgan fingerprint density at radius 1 is 1.24 bits per heavy atom. The summed E-state index contributed by atoms with van der Waals surface area (Å²) in [4.78, 5) is 2.62. The van der Waals surface area contributed by atoms with Gasteiger partial charge in [-0.3, -0.25) is 4.90 Å². The lowest BCUT2D eigenvalue weighted by Gasteiger charge is -2.37. The zero-order valence-electron chi connectivity index (χ0n) is 11.5. The molecule has 2 nitrogen and oxygen atoms in total. The van der Waals surface area contributed by atoms with Crippen molar-refractivity contribution < 1.29 is 0 Å². The van der Waals surface area contributed by atoms with E-state index in [1.54, 1.807) is 0 Å². The van der Waals surface area contributed by atoms with Crippen LogP contribution in [0.2, 0.25) is 0 Å². The highest BCUT2D eigenvalue weighted by atomic mass is 15.2. The van der Waals surface area contributed by atoms with Gasteiger partial charge in [0.05, 0.1) is 12.0 Å². The Morgan fingerprint density at radius 2 is 2.00 bits per heavy atom. The molecule has 0 bridgehead atoms. The van der Waals surface area contributed by atoms with E-state index in [2.05, 4.69) is 31.7 Å². The van der Waals surface area contributed by atoms with E-state index in [4.69, 9.17) is 0 Å². The van der Waals surface area contributed by atoms with Crippen LogP contribution in [0.1, 0.15) is 46.5 Å². The second kappa shape index (κ2) is 5.40. The minimum Gasteiger partial charge on any atom is -0.299 e. The second-order valence-electron chi connectivity index (χ2n) is 6.51. The molecule has 0 aromatic heterocycles. The van der Waals surface area contributed by atoms with E-state index in [0.29, 0.717) is 6.04 Å². The lowest BCUT2D eigenvalue weighted by molar-refractivity contribution is 0.123. The normalized spacial score (nSPS) is 39.5. The summed E-state index contributed by atoms with van der Waals surface area (Å²) in [5, 5.41) is 9.31. The van der Waals surface area contributed by atoms with Crippen LogP contribution in [0.4, 0.5) is 0 Å². The molecule has 17 heavy (non-hydrogen) atoms. The first kappa shape index (κ1) is 12.9. The van der Waals surface area contributed by atoms with Gasteiger partial charge in [-0.25, -0.2) is 0 Å². The number of rotatable bonds is 2. The average Bonchev–Trinajstić information content (AvgIpc) is 2.78. The highest BCUT2D eigenvalue weighted by molar-refractivity contribution is 4.98. The van der Waals surface area contributed by atoms with Gasteiger partial charge < -0.3 is 0 Å². The summed E-state index contributed by atoms with van der Waals surface area (Å²) < 4.78 is 0. The van der Waals surface area contributed by atoms with Crippen LogP contribution < -0.4 is 0 Å². The summed E-state index contributed by atoms with van der Waals surface area (Å²) in [6.45, 7) is 9.46. The van der Waals surface area contributed by atoms with Gasteiger partial charge in [0.25, 0.3) is 0 Å². The first-order chi connectivity index (χ1) is 8.11. The summed E-state index contributed by atoms with van der Waals surface area (Å²) >= 11 is 0. The van der Waals surface area contributed by atoms with E-state index in [-0.39, 0.29) is 5.92 Å². The van der Waals surface area contributed by atoms with Crippen molar-refractivity contribution >= 4 is 0 Å². The predicted molar refractivity (Wildman–Crippen MR) is 70.4 cm³/mol. The highest BCUT2D eigenvalue weighted by Gasteiger charge is 2.37. The quantitative estimate of drug-likeness (QED) is 0.733. The van der Waals surface area contributed by atoms with Crippen LogP contribution in [0.15, 0.2) is 0 Å². The maximum atomic E-state index is 9.31. The molecule has 1 aliphatic heterocycles. The molecule has 2 rings (SSSR count). The maximum Gasteiger partial charge on any atom is 0.0672 e. The second-order valence-corrected chi connectivity index (χ2v) is 6.51. The van der Waals surface area contributed by atoms with Crippen LogP contribution in [-0.4, -0.2) is 24.0 Å². The lowest BCUT2D eigenvalue weighted by Crippen LogP contribution is -2.42. The Hall–Kier alpha value is -0.550. The van der Waals surface area contributed by atoms with E-state index in [0.717, 1.165) is 24.2 Å². The van der Waals surface area contributed by atoms with Gasteiger partial charge in [-0.05, 0) is 50.0 Å². The zero-order chi connectivity index (χ0) is 12.4. The van der Waals surface area contributed by atoms with Crippen LogP contribution in [0, 0.1) is 35.0 Å². The van der Waals surface area contributed by atoms with Gasteiger partial charge in [0.1, 0.15) is 0 Å². The van der Waals surface area contributed by atoms with E-state index in [9.17, 15) is 5.26 Å². The third-order valence-corrected chi connectivity index (χ3v) is 4.91. The van der Waals surface area contributed by atoms with Crippen molar-refractivity contribution in [1.29, 1.82) is 5.26 Å². The average molecular weight is 234 g/mol. The summed E-state index contributed by atoms with van der Waals surface area (Å²) in [6, 6.07) is 3.10. The SMILES string of the molecule is CC1CCC(C#N)C(N2CCC(C(C)C)C2)C1. The number of likely N-dealkylation sites (tertiary alicyclic amines) is 1. The Morgan fingerprint density at radius 3 is 2.59 bits per heavy atom. The van der Waals surface area contributed by atoms with Crippen molar-refractivity contribution in [1.82, 2.24) is 4.90 Å². The van der Waals surface area contributed by atoms with Gasteiger partial charge in [0, 0.05) is 12.6 Å². The Labute approximate surface area is 106 Å². The lowest BCUT2D eigenvalue weighted by atomic mass is 9.79. The Balaban J connectivity index is 1.98. The van der Waals surface area contributed by atoms with E-state index < -0.39 is 0 Å². The number of nitrogens with zero attached hydrogens (tertiary/aromatic N) is 2. The Kier molecular flexibility index (Phi) is 4.09. The molecule has 0 radical (unpaired) electrons. The smallest absolute Gasteiger partial charge is 0.0672 e. The molecule has 1 heterocycles. The first-order valence-corrected chi connectivity index (χ1v) is 7.25. The van der Waals surface area contributed by atoms with Gasteiger partial charge >= 0.3 is 0 Å². The minimum absolute atomic E-state index is 0.289. The van der Waals surface area contributed by atoms with Crippen LogP contribution >= 0.6 is 0 Å². The van der Waals surface area contributed by atoms with Gasteiger partial charge in [0.15, 0.2) is 0 Å². The Bertz CT molecular complexity index is 292. The topological polar surface area (TPSA) is 27.0 Å². The molecule has 1 aliphatic carbocycles. The molecule has 1 saturated heterocycles. The number of hydrogen-bond donors (Lipinski definition) is 0. The molecule has 0 aromatic carbocycles. The molecule has 4 atom stereocenters. The molecule has 0 aromatic rings. The molecular weight excluding hydrogens is 208 g/mol. The van der Waals surface area contributed by atoms with E-state index >= 15 is 0 Å². The van der Waals surface area contributed by atoms with Gasteiger partial charge in [-0.1, -0.05) is 20.8 Å². The minimum atomic E-state index is 0.289. The molecule has 2 aliphatic rings. The van der Waals surface area contributed by atoms with Crippen LogP contribution in [-0.2, 0) is 0 Å². The van der Waals surface area contributed by atoms with Gasteiger partial charge in [0.2, 0.25) is 0 Å². The number of nitriles is 1. The standard InChI is InChI=1S/C15H26N2/c1-11(2)14-6-7-17(10-14)15-8-12(3)4-5-13(15)9-16/h11-15H,4-8,10H2,1-3H3. The molecule has 0 spiro atoms. The van der Waals surface area contributed by atoms with Crippen molar-refractivity contribution in [2.45, 2.75) is 52.5 Å². The van der Waals surface area contributed by atoms with Crippen LogP contribution in [0.3, 0.4) is 0 Å². The summed E-state index contributed by atoms with van der Waals surface area (Å²) in [5.74, 6) is 2.74. The van der Waals surface area contributed by atoms with E-state index in [1.165, 1.54) is 32.4 Å². The molecule has 1 saturated carbocycles. The molecule has 0 N–H and O–H groups in total. The first-order valence-electron chi connectivity index (χ1n) is 7.25. The molecular formula is C15H26N2. The van der Waals surface area contributed by atoms with Gasteiger partial charge in [-0.15, -0.1) is 0 Å². The van der Waals surface area contributed by atoms with Crippen LogP contribution in [0.25, 0.3) is 0 Å². The molecule has 2 fully saturated rings. The fourth-order valence-corrected chi connectivity index (χ4v) is 3.57. The van der Waals surface area contributed by atoms with Crippen molar-refractivity contribution in [3.63, 3.8) is 0 Å². The summed E-state index contributed by atoms with van der Waals surface area (Å²) in [5.41, 5.74) is 0. The molecule has 96 valence electrons. The summed E-state index contributed by atoms with van der Waals surface area (Å²) in [7, 11) is 0. The largest absolute Gasteiger partial charge is 0.299 e. The fraction of sp³-hybridized carbons (Fsp3) is 0.933. The third kappa shape index (κ3) is 2.83. The third-order valence-electron chi connectivity index (χ3n) is 4.91. The fourth-order valence-electron chi connectivity index (χ4n) is 3.57. The van der Waals surface area contributed by atoms with Crippen molar-refractivity contribution in [2.24, 2.45) is 23.7 Å². The predicted octanol–water partition coefficient (Wildman–Crippen LogP) is 3.29. The van der Waals surface area contributed by atoms with E-state index in [1.807, 2.05) is 0 Å². The number of hydrogen-bond acceptors (Lipinski definition) is 2. The molecule has 0 amide bonds. The molecule has 4 unspecified atom stereocenters. The summed E-state index contributed by atoms with van der Waals surface area (Å²) in [6.07, 6.45) is 4.94. The van der Waals surface area contributed by atoms with Crippen LogP contribution in [0.5, 0.6) is 0 Å². The zero-order valence-corrected chi connectivity index (χ0v) is 11.5. The maximum absolute atomic E-state index is 9.31.